The summed E-state index contributed by atoms with van der Waals surface area (Å²) in [5.74, 6) is 0.899. The maximum atomic E-state index is 12.0. The van der Waals surface area contributed by atoms with Crippen molar-refractivity contribution in [2.24, 2.45) is 11.8 Å². The van der Waals surface area contributed by atoms with Crippen LogP contribution in [0.5, 0.6) is 0 Å². The fourth-order valence-corrected chi connectivity index (χ4v) is 7.27. The molecule has 0 unspecified atom stereocenters. The van der Waals surface area contributed by atoms with E-state index in [2.05, 4.69) is 59.3 Å². The molecule has 0 saturated heterocycles. The first-order valence-electron chi connectivity index (χ1n) is 13.4. The van der Waals surface area contributed by atoms with E-state index in [1.807, 2.05) is 19.9 Å². The summed E-state index contributed by atoms with van der Waals surface area (Å²) in [6.07, 6.45) is 0.933. The molecule has 0 bridgehead atoms. The highest BCUT2D eigenvalue weighted by Crippen LogP contribution is 2.24. The van der Waals surface area contributed by atoms with Crippen LogP contribution in [0.2, 0.25) is 0 Å². The molecule has 0 atom stereocenters. The number of benzene rings is 2. The predicted molar refractivity (Wildman–Crippen MR) is 176 cm³/mol. The largest absolute Gasteiger partial charge is 0.396 e. The third kappa shape index (κ3) is 18.0. The van der Waals surface area contributed by atoms with E-state index in [0.29, 0.717) is 52.7 Å². The Hall–Kier alpha value is -0.950. The number of hydrogen-bond acceptors (Lipinski definition) is 9. The first kappa shape index (κ1) is 42.0. The van der Waals surface area contributed by atoms with Crippen molar-refractivity contribution in [3.63, 3.8) is 0 Å². The molecule has 0 aromatic heterocycles. The molecule has 2 aromatic rings. The number of nitrogens with one attached hydrogen (secondary N) is 2. The molecular formula is C27H44Br2N2O9S3. The fraction of sp³-hybridized carbons (Fsp3) is 0.556. The number of halogens is 2. The maximum Gasteiger partial charge on any atom is 0.264 e. The molecule has 2 aromatic carbocycles. The molecule has 11 nitrogen and oxygen atoms in total. The summed E-state index contributed by atoms with van der Waals surface area (Å²) < 4.78 is 85.6. The Labute approximate surface area is 274 Å². The third-order valence-corrected chi connectivity index (χ3v) is 10.4. The average Bonchev–Trinajstić information content (AvgIpc) is 2.89. The van der Waals surface area contributed by atoms with Gasteiger partial charge in [-0.1, -0.05) is 53.7 Å². The van der Waals surface area contributed by atoms with E-state index in [1.54, 1.807) is 32.0 Å². The molecule has 0 radical (unpaired) electrons. The highest BCUT2D eigenvalue weighted by molar-refractivity contribution is 9.10. The Morgan fingerprint density at radius 3 is 1.47 bits per heavy atom. The number of ether oxygens (including phenoxy) is 1. The first-order valence-corrected chi connectivity index (χ1v) is 19.8. The lowest BCUT2D eigenvalue weighted by Gasteiger charge is -2.10. The number of sulfonamides is 2. The van der Waals surface area contributed by atoms with Gasteiger partial charge in [0.2, 0.25) is 20.0 Å². The Kier molecular flexibility index (Phi) is 19.8. The number of hydrogen-bond donors (Lipinski definition) is 3. The van der Waals surface area contributed by atoms with Crippen LogP contribution in [0.1, 0.15) is 52.7 Å². The van der Waals surface area contributed by atoms with E-state index in [-0.39, 0.29) is 22.9 Å². The maximum absolute atomic E-state index is 12.0. The van der Waals surface area contributed by atoms with Gasteiger partial charge in [-0.25, -0.2) is 26.3 Å². The van der Waals surface area contributed by atoms with Gasteiger partial charge in [0.15, 0.2) is 0 Å². The van der Waals surface area contributed by atoms with Gasteiger partial charge in [0.05, 0.1) is 29.3 Å². The van der Waals surface area contributed by atoms with Gasteiger partial charge >= 0.3 is 0 Å². The normalized spacial score (nSPS) is 12.0. The van der Waals surface area contributed by atoms with Gasteiger partial charge in [0.25, 0.3) is 10.1 Å². The zero-order valence-electron chi connectivity index (χ0n) is 25.6. The molecular weight excluding hydrogens is 752 g/mol. The minimum Gasteiger partial charge on any atom is -0.396 e. The Morgan fingerprint density at radius 2 is 1.14 bits per heavy atom. The Bertz CT molecular complexity index is 1450. The second-order valence-electron chi connectivity index (χ2n) is 9.98. The van der Waals surface area contributed by atoms with Crippen molar-refractivity contribution in [1.29, 1.82) is 0 Å². The molecule has 0 saturated carbocycles. The molecule has 248 valence electrons. The highest BCUT2D eigenvalue weighted by atomic mass is 79.9. The van der Waals surface area contributed by atoms with Gasteiger partial charge in [0, 0.05) is 35.2 Å². The van der Waals surface area contributed by atoms with Crippen molar-refractivity contribution in [1.82, 2.24) is 9.44 Å². The van der Waals surface area contributed by atoms with Crippen LogP contribution >= 0.6 is 31.9 Å². The second-order valence-corrected chi connectivity index (χ2v) is 16.8. The molecule has 2 rings (SSSR count). The van der Waals surface area contributed by atoms with Gasteiger partial charge in [-0.2, -0.15) is 8.42 Å². The molecule has 3 N–H and O–H groups in total. The summed E-state index contributed by atoms with van der Waals surface area (Å²) in [5, 5.41) is 8.14. The van der Waals surface area contributed by atoms with Gasteiger partial charge in [0.1, 0.15) is 0 Å². The number of rotatable bonds is 14. The molecule has 0 heterocycles. The minimum absolute atomic E-state index is 0.0453. The zero-order chi connectivity index (χ0) is 33.4. The topological polar surface area (TPSA) is 165 Å². The predicted octanol–water partition coefficient (Wildman–Crippen LogP) is 4.78. The number of aliphatic hydroxyl groups excluding tert-OH is 1. The van der Waals surface area contributed by atoms with Crippen LogP contribution < -0.4 is 9.44 Å². The van der Waals surface area contributed by atoms with Crippen LogP contribution in [0.4, 0.5) is 0 Å². The molecule has 43 heavy (non-hydrogen) atoms. The van der Waals surface area contributed by atoms with E-state index in [9.17, 15) is 25.3 Å². The fourth-order valence-electron chi connectivity index (χ4n) is 2.81. The van der Waals surface area contributed by atoms with Crippen LogP contribution in [-0.4, -0.2) is 62.9 Å². The second kappa shape index (κ2) is 20.2. The van der Waals surface area contributed by atoms with Gasteiger partial charge in [-0.3, -0.25) is 4.18 Å². The summed E-state index contributed by atoms with van der Waals surface area (Å²) in [6, 6.07) is 9.72. The van der Waals surface area contributed by atoms with Crippen molar-refractivity contribution in [2.45, 2.75) is 64.5 Å². The van der Waals surface area contributed by atoms with Crippen LogP contribution in [-0.2, 0) is 52.3 Å². The summed E-state index contributed by atoms with van der Waals surface area (Å²) >= 11 is 6.42. The third-order valence-electron chi connectivity index (χ3n) is 4.76. The van der Waals surface area contributed by atoms with E-state index in [1.165, 1.54) is 12.1 Å². The van der Waals surface area contributed by atoms with Crippen molar-refractivity contribution in [2.75, 3.05) is 32.6 Å². The Morgan fingerprint density at radius 1 is 0.744 bits per heavy atom. The Balaban J connectivity index is 0.000000709. The number of aliphatic hydroxyl groups is 1. The summed E-state index contributed by atoms with van der Waals surface area (Å²) in [5.41, 5.74) is 1.30. The standard InChI is InChI=1S/C13H20BrNO3S.C10H14BrNO5S2.C4H10O/c1-4-15-19(16,17)13-7-11(5-6-12(13)14)9-18-8-10(2)3;1-3-12-19(15,16)10-6-8(4-5-9(10)11)7-17-18(2,13)14;1-4(2)3-5/h5-7,10,15H,4,8-9H2,1-3H3;4-6,12H,3,7H2,1-2H3;4-5H,3H2,1-2H3. The smallest absolute Gasteiger partial charge is 0.264 e. The van der Waals surface area contributed by atoms with Gasteiger partial charge in [-0.15, -0.1) is 0 Å². The molecule has 0 spiro atoms. The van der Waals surface area contributed by atoms with Crippen LogP contribution in [0.3, 0.4) is 0 Å². The van der Waals surface area contributed by atoms with Crippen LogP contribution in [0, 0.1) is 11.8 Å². The highest BCUT2D eigenvalue weighted by Gasteiger charge is 2.18. The summed E-state index contributed by atoms with van der Waals surface area (Å²) in [6.45, 7) is 13.3. The molecule has 0 aliphatic rings. The molecule has 0 aliphatic carbocycles. The van der Waals surface area contributed by atoms with Crippen molar-refractivity contribution in [3.8, 4) is 0 Å². The zero-order valence-corrected chi connectivity index (χ0v) is 31.2. The lowest BCUT2D eigenvalue weighted by molar-refractivity contribution is 0.0969. The lowest BCUT2D eigenvalue weighted by Crippen LogP contribution is -2.23. The van der Waals surface area contributed by atoms with Crippen molar-refractivity contribution in [3.05, 3.63) is 56.5 Å². The van der Waals surface area contributed by atoms with Crippen molar-refractivity contribution >= 4 is 62.0 Å². The average molecular weight is 797 g/mol. The summed E-state index contributed by atoms with van der Waals surface area (Å²) in [4.78, 5) is 0.295. The van der Waals surface area contributed by atoms with E-state index < -0.39 is 30.2 Å². The van der Waals surface area contributed by atoms with Crippen LogP contribution in [0.25, 0.3) is 0 Å². The lowest BCUT2D eigenvalue weighted by atomic mass is 10.2. The molecule has 0 fully saturated rings. The molecule has 0 aliphatic heterocycles. The van der Waals surface area contributed by atoms with E-state index >= 15 is 0 Å². The molecule has 0 amide bonds. The van der Waals surface area contributed by atoms with E-state index in [4.69, 9.17) is 9.84 Å². The van der Waals surface area contributed by atoms with Gasteiger partial charge < -0.3 is 9.84 Å². The first-order chi connectivity index (χ1) is 19.8. The quantitative estimate of drug-likeness (QED) is 0.228. The van der Waals surface area contributed by atoms with Crippen LogP contribution in [0.15, 0.2) is 55.1 Å². The summed E-state index contributed by atoms with van der Waals surface area (Å²) in [7, 11) is -10.6. The SMILES string of the molecule is CC(C)CO.CCNS(=O)(=O)c1cc(COCC(C)C)ccc1Br.CCNS(=O)(=O)c1cc(COS(C)(=O)=O)ccc1Br. The van der Waals surface area contributed by atoms with Crippen molar-refractivity contribution < 1.29 is 39.3 Å². The molecule has 16 heteroatoms. The monoisotopic (exact) mass is 794 g/mol. The van der Waals surface area contributed by atoms with E-state index in [0.717, 1.165) is 11.8 Å². The van der Waals surface area contributed by atoms with Gasteiger partial charge in [-0.05, 0) is 79.1 Å². The minimum atomic E-state index is -3.62.